The molecule has 0 aromatic heterocycles. The van der Waals surface area contributed by atoms with Crippen LogP contribution in [0.5, 0.6) is 0 Å². The third-order valence-corrected chi connectivity index (χ3v) is 5.11. The topological polar surface area (TPSA) is 83.1 Å². The quantitative estimate of drug-likeness (QED) is 0.701. The van der Waals surface area contributed by atoms with Gasteiger partial charge in [0.2, 0.25) is 0 Å². The predicted molar refractivity (Wildman–Crippen MR) is 94.7 cm³/mol. The van der Waals surface area contributed by atoms with E-state index >= 15 is 0 Å². The number of carbonyl (C=O) groups excluding carboxylic acids is 1. The van der Waals surface area contributed by atoms with E-state index in [4.69, 9.17) is 9.47 Å². The molecule has 28 heavy (non-hydrogen) atoms. The van der Waals surface area contributed by atoms with E-state index in [0.717, 1.165) is 12.1 Å². The Hall–Kier alpha value is -1.88. The number of aliphatic hydroxyl groups excluding tert-OH is 1. The summed E-state index contributed by atoms with van der Waals surface area (Å²) in [6.07, 6.45) is -6.56. The van der Waals surface area contributed by atoms with Crippen molar-refractivity contribution in [3.8, 4) is 0 Å². The Morgan fingerprint density at radius 2 is 2.04 bits per heavy atom. The maximum absolute atomic E-state index is 12.8. The van der Waals surface area contributed by atoms with Crippen LogP contribution in [0.4, 0.5) is 23.7 Å². The van der Waals surface area contributed by atoms with E-state index in [2.05, 4.69) is 10.6 Å². The zero-order valence-corrected chi connectivity index (χ0v) is 15.6. The standard InChI is InChI=1S/C18H24F3N3O4/c1-3-24(4-2)14-15(25)13(12-9-27-16(14)28-12)23-17(26)22-11-7-5-6-10(8-11)18(19,20)21/h5-8,12-16,25H,3-4,9H2,1-2H3,(H2,22,23,26)/t12-,13+,14-,15-,16+/m0/s1. The Balaban J connectivity index is 1.69. The monoisotopic (exact) mass is 403 g/mol. The van der Waals surface area contributed by atoms with Crippen LogP contribution >= 0.6 is 0 Å². The SMILES string of the molecule is CCN(CC)[C@@H]1[C@@H]2OC[C@H](O2)[C@@H](NC(=O)Nc2cccc(C(F)(F)F)c2)[C@@H]1O. The van der Waals surface area contributed by atoms with Gasteiger partial charge in [-0.3, -0.25) is 4.90 Å². The van der Waals surface area contributed by atoms with Gasteiger partial charge in [-0.15, -0.1) is 0 Å². The summed E-state index contributed by atoms with van der Waals surface area (Å²) in [4.78, 5) is 14.3. The van der Waals surface area contributed by atoms with Gasteiger partial charge >= 0.3 is 12.2 Å². The molecule has 2 fully saturated rings. The highest BCUT2D eigenvalue weighted by molar-refractivity contribution is 5.89. The maximum Gasteiger partial charge on any atom is 0.416 e. The van der Waals surface area contributed by atoms with Gasteiger partial charge in [0.25, 0.3) is 0 Å². The number of amides is 2. The third kappa shape index (κ3) is 4.24. The number of aliphatic hydroxyl groups is 1. The molecule has 2 bridgehead atoms. The third-order valence-electron chi connectivity index (χ3n) is 5.11. The molecule has 2 amide bonds. The number of nitrogens with zero attached hydrogens (tertiary/aromatic N) is 1. The Bertz CT molecular complexity index is 697. The van der Waals surface area contributed by atoms with Gasteiger partial charge in [-0.05, 0) is 31.3 Å². The second-order valence-corrected chi connectivity index (χ2v) is 6.78. The lowest BCUT2D eigenvalue weighted by molar-refractivity contribution is -0.179. The van der Waals surface area contributed by atoms with Crippen LogP contribution in [0.1, 0.15) is 19.4 Å². The number of nitrogens with one attached hydrogen (secondary N) is 2. The summed E-state index contributed by atoms with van der Waals surface area (Å²) >= 11 is 0. The molecule has 2 saturated heterocycles. The van der Waals surface area contributed by atoms with Crippen molar-refractivity contribution in [2.24, 2.45) is 0 Å². The smallest absolute Gasteiger partial charge is 0.389 e. The molecule has 0 spiro atoms. The van der Waals surface area contributed by atoms with E-state index in [9.17, 15) is 23.1 Å². The molecule has 0 unspecified atom stereocenters. The highest BCUT2D eigenvalue weighted by Crippen LogP contribution is 2.32. The van der Waals surface area contributed by atoms with Crippen LogP contribution in [0.15, 0.2) is 24.3 Å². The van der Waals surface area contributed by atoms with E-state index in [1.807, 2.05) is 18.7 Å². The molecule has 1 aromatic rings. The van der Waals surface area contributed by atoms with E-state index in [1.165, 1.54) is 12.1 Å². The van der Waals surface area contributed by atoms with Crippen molar-refractivity contribution in [3.05, 3.63) is 29.8 Å². The van der Waals surface area contributed by atoms with Crippen molar-refractivity contribution in [3.63, 3.8) is 0 Å². The van der Waals surface area contributed by atoms with Crippen LogP contribution in [-0.4, -0.2) is 66.3 Å². The number of fused-ring (bicyclic) bond motifs is 2. The molecule has 0 saturated carbocycles. The summed E-state index contributed by atoms with van der Waals surface area (Å²) in [7, 11) is 0. The zero-order valence-electron chi connectivity index (χ0n) is 15.6. The van der Waals surface area contributed by atoms with Crippen LogP contribution in [0, 0.1) is 0 Å². The molecule has 7 nitrogen and oxygen atoms in total. The normalized spacial score (nSPS) is 29.8. The van der Waals surface area contributed by atoms with Gasteiger partial charge in [-0.25, -0.2) is 4.79 Å². The molecule has 2 aliphatic heterocycles. The minimum Gasteiger partial charge on any atom is -0.389 e. The van der Waals surface area contributed by atoms with Crippen molar-refractivity contribution in [2.75, 3.05) is 25.0 Å². The lowest BCUT2D eigenvalue weighted by Gasteiger charge is -2.43. The van der Waals surface area contributed by atoms with Crippen molar-refractivity contribution < 1.29 is 32.5 Å². The number of hydrogen-bond acceptors (Lipinski definition) is 5. The summed E-state index contributed by atoms with van der Waals surface area (Å²) in [5, 5.41) is 15.8. The molecule has 1 aromatic carbocycles. The van der Waals surface area contributed by atoms with E-state index in [-0.39, 0.29) is 12.3 Å². The second-order valence-electron chi connectivity index (χ2n) is 6.78. The molecule has 2 heterocycles. The first-order chi connectivity index (χ1) is 13.2. The number of rotatable bonds is 5. The maximum atomic E-state index is 12.8. The highest BCUT2D eigenvalue weighted by Gasteiger charge is 2.52. The fraction of sp³-hybridized carbons (Fsp3) is 0.611. The molecule has 0 radical (unpaired) electrons. The largest absolute Gasteiger partial charge is 0.416 e. The molecule has 3 rings (SSSR count). The van der Waals surface area contributed by atoms with Crippen molar-refractivity contribution >= 4 is 11.7 Å². The Morgan fingerprint density at radius 1 is 1.32 bits per heavy atom. The van der Waals surface area contributed by atoms with E-state index in [0.29, 0.717) is 13.1 Å². The number of benzene rings is 1. The molecule has 2 aliphatic rings. The number of halogens is 3. The van der Waals surface area contributed by atoms with Gasteiger partial charge in [-0.1, -0.05) is 19.9 Å². The molecule has 0 aliphatic carbocycles. The molecular weight excluding hydrogens is 379 g/mol. The van der Waals surface area contributed by atoms with Crippen LogP contribution in [0.2, 0.25) is 0 Å². The highest BCUT2D eigenvalue weighted by atomic mass is 19.4. The minimum absolute atomic E-state index is 0.000570. The summed E-state index contributed by atoms with van der Waals surface area (Å²) in [6.45, 7) is 5.43. The number of alkyl halides is 3. The average molecular weight is 403 g/mol. The Labute approximate surface area is 160 Å². The van der Waals surface area contributed by atoms with Gasteiger partial charge in [-0.2, -0.15) is 13.2 Å². The predicted octanol–water partition coefficient (Wildman–Crippen LogP) is 2.02. The van der Waals surface area contributed by atoms with Crippen LogP contribution < -0.4 is 10.6 Å². The fourth-order valence-electron chi connectivity index (χ4n) is 3.70. The first-order valence-electron chi connectivity index (χ1n) is 9.18. The second kappa shape index (κ2) is 8.24. The number of anilines is 1. The Morgan fingerprint density at radius 3 is 2.68 bits per heavy atom. The molecular formula is C18H24F3N3O4. The minimum atomic E-state index is -4.51. The van der Waals surface area contributed by atoms with Crippen molar-refractivity contribution in [1.29, 1.82) is 0 Å². The van der Waals surface area contributed by atoms with Crippen LogP contribution in [0.25, 0.3) is 0 Å². The van der Waals surface area contributed by atoms with Gasteiger partial charge < -0.3 is 25.2 Å². The fourth-order valence-corrected chi connectivity index (χ4v) is 3.70. The zero-order chi connectivity index (χ0) is 20.5. The number of hydrogen-bond donors (Lipinski definition) is 3. The van der Waals surface area contributed by atoms with E-state index < -0.39 is 48.4 Å². The summed E-state index contributed by atoms with van der Waals surface area (Å²) in [6, 6.07) is 2.41. The number of likely N-dealkylation sites (N-methyl/N-ethyl adjacent to an activating group) is 1. The Kier molecular flexibility index (Phi) is 6.13. The van der Waals surface area contributed by atoms with Crippen LogP contribution in [0.3, 0.4) is 0 Å². The van der Waals surface area contributed by atoms with Gasteiger partial charge in [0.15, 0.2) is 6.29 Å². The number of urea groups is 1. The van der Waals surface area contributed by atoms with Crippen molar-refractivity contribution in [2.45, 2.75) is 50.6 Å². The summed E-state index contributed by atoms with van der Waals surface area (Å²) in [5.41, 5.74) is -0.862. The summed E-state index contributed by atoms with van der Waals surface area (Å²) in [5.74, 6) is 0. The molecule has 10 heteroatoms. The summed E-state index contributed by atoms with van der Waals surface area (Å²) < 4.78 is 49.8. The number of carbonyl (C=O) groups is 1. The molecule has 156 valence electrons. The lowest BCUT2D eigenvalue weighted by Crippen LogP contribution is -2.65. The van der Waals surface area contributed by atoms with Gasteiger partial charge in [0, 0.05) is 5.69 Å². The molecule has 3 N–H and O–H groups in total. The number of ether oxygens (including phenoxy) is 2. The van der Waals surface area contributed by atoms with E-state index in [1.54, 1.807) is 0 Å². The first kappa shape index (κ1) is 20.8. The average Bonchev–Trinajstić information content (AvgIpc) is 3.07. The first-order valence-corrected chi connectivity index (χ1v) is 9.18. The molecule has 5 atom stereocenters. The van der Waals surface area contributed by atoms with Crippen molar-refractivity contribution in [1.82, 2.24) is 10.2 Å². The van der Waals surface area contributed by atoms with Gasteiger partial charge in [0.05, 0.1) is 30.4 Å². The lowest BCUT2D eigenvalue weighted by atomic mass is 9.95. The van der Waals surface area contributed by atoms with Gasteiger partial charge in [0.1, 0.15) is 6.10 Å². The van der Waals surface area contributed by atoms with Crippen LogP contribution in [-0.2, 0) is 15.7 Å².